The van der Waals surface area contributed by atoms with E-state index in [-0.39, 0.29) is 6.42 Å². The molecule has 0 aliphatic heterocycles. The molecule has 0 aromatic heterocycles. The number of nitrogens with zero attached hydrogens (tertiary/aromatic N) is 1. The van der Waals surface area contributed by atoms with Crippen LogP contribution in [0.25, 0.3) is 0 Å². The van der Waals surface area contributed by atoms with Gasteiger partial charge in [0.25, 0.3) is 0 Å². The van der Waals surface area contributed by atoms with Crippen molar-refractivity contribution < 1.29 is 14.2 Å². The number of fused-ring (bicyclic) bond motifs is 1. The third-order valence-corrected chi connectivity index (χ3v) is 5.12. The lowest BCUT2D eigenvalue weighted by molar-refractivity contribution is 0.0625. The van der Waals surface area contributed by atoms with Gasteiger partial charge in [0.1, 0.15) is 17.6 Å². The molecular weight excluding hydrogens is 349 g/mol. The van der Waals surface area contributed by atoms with E-state index < -0.39 is 11.2 Å². The lowest BCUT2D eigenvalue weighted by atomic mass is 10.1. The lowest BCUT2D eigenvalue weighted by Gasteiger charge is -2.16. The molecule has 2 aromatic carbocycles. The van der Waals surface area contributed by atoms with Crippen LogP contribution in [0, 0.1) is 18.3 Å². The first-order valence-corrected chi connectivity index (χ1v) is 8.91. The minimum Gasteiger partial charge on any atom is -0.457 e. The molecule has 1 N–H and O–H groups in total. The molecule has 6 heteroatoms. The number of aliphatic hydroxyl groups is 1. The van der Waals surface area contributed by atoms with Gasteiger partial charge in [-0.3, -0.25) is 0 Å². The number of nitriles is 1. The fourth-order valence-corrected chi connectivity index (χ4v) is 3.82. The second-order valence-electron chi connectivity index (χ2n) is 5.75. The number of aliphatic hydroxyl groups excluding tert-OH is 1. The molecule has 2 atom stereocenters. The number of hydrogen-bond donors (Lipinski definition) is 1. The van der Waals surface area contributed by atoms with Crippen LogP contribution in [0.3, 0.4) is 0 Å². The van der Waals surface area contributed by atoms with Crippen LogP contribution in [0.4, 0.5) is 4.39 Å². The van der Waals surface area contributed by atoms with Gasteiger partial charge in [-0.25, -0.2) is 4.39 Å². The third kappa shape index (κ3) is 2.98. The van der Waals surface area contributed by atoms with Crippen molar-refractivity contribution in [2.75, 3.05) is 6.26 Å². The van der Waals surface area contributed by atoms with E-state index in [2.05, 4.69) is 6.07 Å². The molecule has 0 spiro atoms. The van der Waals surface area contributed by atoms with Crippen molar-refractivity contribution in [3.05, 3.63) is 52.6 Å². The normalized spacial score (nSPS) is 22.1. The summed E-state index contributed by atoms with van der Waals surface area (Å²) in [5, 5.41) is 17.1. The SMILES string of the molecule is CSc1ccc(Oc2cc(C)cc(C#N)c2)c2c1C(O)C(F)(Cl)C2. The largest absolute Gasteiger partial charge is 0.457 e. The lowest BCUT2D eigenvalue weighted by Crippen LogP contribution is -2.20. The zero-order valence-electron chi connectivity index (χ0n) is 13.1. The summed E-state index contributed by atoms with van der Waals surface area (Å²) in [6.45, 7) is 1.87. The molecule has 0 heterocycles. The maximum Gasteiger partial charge on any atom is 0.217 e. The van der Waals surface area contributed by atoms with E-state index in [0.717, 1.165) is 10.5 Å². The van der Waals surface area contributed by atoms with Gasteiger partial charge in [0, 0.05) is 22.4 Å². The van der Waals surface area contributed by atoms with Crippen molar-refractivity contribution >= 4 is 23.4 Å². The Morgan fingerprint density at radius 3 is 2.83 bits per heavy atom. The number of halogens is 2. The zero-order chi connectivity index (χ0) is 17.5. The first kappa shape index (κ1) is 17.1. The highest BCUT2D eigenvalue weighted by molar-refractivity contribution is 7.98. The highest BCUT2D eigenvalue weighted by Crippen LogP contribution is 2.51. The van der Waals surface area contributed by atoms with Crippen LogP contribution < -0.4 is 4.74 Å². The minimum absolute atomic E-state index is 0.133. The first-order valence-electron chi connectivity index (χ1n) is 7.31. The second kappa shape index (κ2) is 6.29. The van der Waals surface area contributed by atoms with Gasteiger partial charge in [0.05, 0.1) is 11.6 Å². The van der Waals surface area contributed by atoms with Gasteiger partial charge in [0.2, 0.25) is 5.13 Å². The van der Waals surface area contributed by atoms with E-state index in [9.17, 15) is 9.50 Å². The number of ether oxygens (including phenoxy) is 1. The molecule has 3 nitrogen and oxygen atoms in total. The number of alkyl halides is 2. The van der Waals surface area contributed by atoms with E-state index in [0.29, 0.717) is 28.2 Å². The molecule has 0 amide bonds. The Balaban J connectivity index is 2.06. The van der Waals surface area contributed by atoms with Gasteiger partial charge in [-0.05, 0) is 49.1 Å². The molecule has 2 unspecified atom stereocenters. The highest BCUT2D eigenvalue weighted by atomic mass is 35.5. The molecule has 3 rings (SSSR count). The number of thioether (sulfide) groups is 1. The fourth-order valence-electron chi connectivity index (χ4n) is 2.92. The molecule has 1 aliphatic carbocycles. The van der Waals surface area contributed by atoms with Crippen molar-refractivity contribution in [1.82, 2.24) is 0 Å². The van der Waals surface area contributed by atoms with Crippen LogP contribution >= 0.6 is 23.4 Å². The van der Waals surface area contributed by atoms with Gasteiger partial charge in [0.15, 0.2) is 0 Å². The molecule has 124 valence electrons. The van der Waals surface area contributed by atoms with Gasteiger partial charge < -0.3 is 9.84 Å². The van der Waals surface area contributed by atoms with E-state index in [1.807, 2.05) is 13.2 Å². The summed E-state index contributed by atoms with van der Waals surface area (Å²) in [4.78, 5) is 0.770. The summed E-state index contributed by atoms with van der Waals surface area (Å²) in [5.74, 6) is 0.933. The molecule has 0 saturated heterocycles. The van der Waals surface area contributed by atoms with Gasteiger partial charge in [-0.2, -0.15) is 5.26 Å². The molecular formula is C18H15ClFNO2S. The smallest absolute Gasteiger partial charge is 0.217 e. The fraction of sp³-hybridized carbons (Fsp3) is 0.278. The summed E-state index contributed by atoms with van der Waals surface area (Å²) < 4.78 is 20.3. The third-order valence-electron chi connectivity index (χ3n) is 3.99. The molecule has 0 saturated carbocycles. The molecule has 0 fully saturated rings. The monoisotopic (exact) mass is 363 g/mol. The van der Waals surface area contributed by atoms with E-state index in [1.54, 1.807) is 30.3 Å². The van der Waals surface area contributed by atoms with Crippen molar-refractivity contribution in [1.29, 1.82) is 5.26 Å². The number of rotatable bonds is 3. The number of hydrogen-bond acceptors (Lipinski definition) is 4. The maximum atomic E-state index is 14.4. The summed E-state index contributed by atoms with van der Waals surface area (Å²) in [7, 11) is 0. The van der Waals surface area contributed by atoms with E-state index in [1.165, 1.54) is 11.8 Å². The van der Waals surface area contributed by atoms with Crippen LogP contribution in [0.15, 0.2) is 35.2 Å². The molecule has 1 aliphatic rings. The number of aryl methyl sites for hydroxylation is 1. The predicted octanol–water partition coefficient (Wildman–Crippen LogP) is 4.88. The Hall–Kier alpha value is -1.74. The summed E-state index contributed by atoms with van der Waals surface area (Å²) in [6, 6.07) is 10.8. The molecule has 0 radical (unpaired) electrons. The van der Waals surface area contributed by atoms with Crippen LogP contribution in [-0.2, 0) is 6.42 Å². The molecule has 2 aromatic rings. The summed E-state index contributed by atoms with van der Waals surface area (Å²) >= 11 is 7.25. The average Bonchev–Trinajstić information content (AvgIpc) is 2.78. The second-order valence-corrected chi connectivity index (χ2v) is 7.22. The van der Waals surface area contributed by atoms with E-state index >= 15 is 0 Å². The summed E-state index contributed by atoms with van der Waals surface area (Å²) in [6.07, 6.45) is 0.327. The Morgan fingerprint density at radius 1 is 1.42 bits per heavy atom. The summed E-state index contributed by atoms with van der Waals surface area (Å²) in [5.41, 5.74) is 2.41. The quantitative estimate of drug-likeness (QED) is 0.624. The van der Waals surface area contributed by atoms with Crippen molar-refractivity contribution in [2.24, 2.45) is 0 Å². The van der Waals surface area contributed by atoms with Gasteiger partial charge in [-0.15, -0.1) is 11.8 Å². The Bertz CT molecular complexity index is 848. The standard InChI is InChI=1S/C18H15ClFNO2S/c1-10-5-11(9-21)7-12(6-10)23-14-3-4-15(24-2)16-13(14)8-18(19,20)17(16)22/h3-7,17,22H,8H2,1-2H3. The Kier molecular flexibility index (Phi) is 4.48. The Morgan fingerprint density at radius 2 is 2.17 bits per heavy atom. The van der Waals surface area contributed by atoms with Crippen molar-refractivity contribution in [3.63, 3.8) is 0 Å². The van der Waals surface area contributed by atoms with Gasteiger partial charge in [-0.1, -0.05) is 11.6 Å². The Labute approximate surface area is 149 Å². The molecule has 0 bridgehead atoms. The van der Waals surface area contributed by atoms with Crippen LogP contribution in [-0.4, -0.2) is 16.5 Å². The number of benzene rings is 2. The topological polar surface area (TPSA) is 53.2 Å². The molecule has 24 heavy (non-hydrogen) atoms. The zero-order valence-corrected chi connectivity index (χ0v) is 14.7. The van der Waals surface area contributed by atoms with Crippen LogP contribution in [0.1, 0.15) is 28.4 Å². The van der Waals surface area contributed by atoms with Crippen molar-refractivity contribution in [2.45, 2.75) is 29.5 Å². The predicted molar refractivity (Wildman–Crippen MR) is 92.5 cm³/mol. The van der Waals surface area contributed by atoms with Crippen LogP contribution in [0.2, 0.25) is 0 Å². The minimum atomic E-state index is -2.24. The highest BCUT2D eigenvalue weighted by Gasteiger charge is 2.47. The van der Waals surface area contributed by atoms with Crippen molar-refractivity contribution in [3.8, 4) is 17.6 Å². The van der Waals surface area contributed by atoms with E-state index in [4.69, 9.17) is 21.6 Å². The average molecular weight is 364 g/mol. The first-order chi connectivity index (χ1) is 11.4. The maximum absolute atomic E-state index is 14.4. The van der Waals surface area contributed by atoms with Gasteiger partial charge >= 0.3 is 0 Å². The van der Waals surface area contributed by atoms with Crippen LogP contribution in [0.5, 0.6) is 11.5 Å².